The van der Waals surface area contributed by atoms with Gasteiger partial charge >= 0.3 is 0 Å². The lowest BCUT2D eigenvalue weighted by Gasteiger charge is -2.14. The quantitative estimate of drug-likeness (QED) is 0.808. The molecular weight excluding hydrogens is 192 g/mol. The number of aromatic nitrogens is 1. The van der Waals surface area contributed by atoms with E-state index in [0.29, 0.717) is 0 Å². The van der Waals surface area contributed by atoms with Crippen LogP contribution in [0.4, 0.5) is 0 Å². The molecule has 1 heterocycles. The van der Waals surface area contributed by atoms with Crippen molar-refractivity contribution < 1.29 is 0 Å². The fraction of sp³-hybridized carbons (Fsp3) is 0.727. The molecule has 1 saturated carbocycles. The van der Waals surface area contributed by atoms with E-state index in [1.807, 2.05) is 0 Å². The van der Waals surface area contributed by atoms with Gasteiger partial charge in [-0.1, -0.05) is 6.92 Å². The van der Waals surface area contributed by atoms with Crippen LogP contribution in [-0.2, 0) is 6.54 Å². The summed E-state index contributed by atoms with van der Waals surface area (Å²) in [5, 5.41) is 6.93. The average Bonchev–Trinajstić information content (AvgIpc) is 2.92. The molecule has 1 aliphatic rings. The summed E-state index contributed by atoms with van der Waals surface area (Å²) in [6, 6.07) is 0.719. The second-order valence-electron chi connectivity index (χ2n) is 4.09. The van der Waals surface area contributed by atoms with Gasteiger partial charge in [-0.15, -0.1) is 11.3 Å². The maximum absolute atomic E-state index is 4.45. The molecule has 1 fully saturated rings. The fourth-order valence-electron chi connectivity index (χ4n) is 1.87. The van der Waals surface area contributed by atoms with Crippen LogP contribution >= 0.6 is 11.3 Å². The third-order valence-electron chi connectivity index (χ3n) is 2.84. The van der Waals surface area contributed by atoms with E-state index in [1.165, 1.54) is 30.0 Å². The maximum Gasteiger partial charge on any atom is 0.0897 e. The van der Waals surface area contributed by atoms with Crippen LogP contribution in [0.25, 0.3) is 0 Å². The summed E-state index contributed by atoms with van der Waals surface area (Å²) in [7, 11) is 0. The molecule has 0 saturated heterocycles. The Balaban J connectivity index is 1.80. The van der Waals surface area contributed by atoms with Crippen molar-refractivity contribution >= 4 is 11.3 Å². The van der Waals surface area contributed by atoms with E-state index < -0.39 is 0 Å². The van der Waals surface area contributed by atoms with Crippen LogP contribution < -0.4 is 5.32 Å². The van der Waals surface area contributed by atoms with E-state index in [2.05, 4.69) is 29.5 Å². The summed E-state index contributed by atoms with van der Waals surface area (Å²) in [6.07, 6.45) is 4.08. The Morgan fingerprint density at radius 3 is 2.93 bits per heavy atom. The number of rotatable bonds is 5. The zero-order chi connectivity index (χ0) is 9.97. The summed E-state index contributed by atoms with van der Waals surface area (Å²) in [5.74, 6) is 0.944. The number of thiazole rings is 1. The lowest BCUT2D eigenvalue weighted by atomic mass is 10.1. The molecule has 1 atom stereocenters. The highest BCUT2D eigenvalue weighted by Gasteiger charge is 2.29. The molecule has 0 amide bonds. The van der Waals surface area contributed by atoms with Gasteiger partial charge in [0, 0.05) is 18.0 Å². The SMILES string of the molecule is CCC(NCc1csc(C)n1)C1CC1. The Morgan fingerprint density at radius 2 is 2.43 bits per heavy atom. The van der Waals surface area contributed by atoms with E-state index in [9.17, 15) is 0 Å². The zero-order valence-corrected chi connectivity index (χ0v) is 9.73. The van der Waals surface area contributed by atoms with Crippen LogP contribution in [0, 0.1) is 12.8 Å². The van der Waals surface area contributed by atoms with Crippen LogP contribution in [0.1, 0.15) is 36.9 Å². The van der Waals surface area contributed by atoms with E-state index in [-0.39, 0.29) is 0 Å². The number of hydrogen-bond donors (Lipinski definition) is 1. The van der Waals surface area contributed by atoms with Gasteiger partial charge in [0.25, 0.3) is 0 Å². The first kappa shape index (κ1) is 10.1. The minimum atomic E-state index is 0.719. The monoisotopic (exact) mass is 210 g/mol. The minimum absolute atomic E-state index is 0.719. The van der Waals surface area contributed by atoms with E-state index in [4.69, 9.17) is 0 Å². The second-order valence-corrected chi connectivity index (χ2v) is 5.15. The van der Waals surface area contributed by atoms with E-state index >= 15 is 0 Å². The van der Waals surface area contributed by atoms with Crippen LogP contribution in [0.2, 0.25) is 0 Å². The van der Waals surface area contributed by atoms with Crippen molar-refractivity contribution in [1.82, 2.24) is 10.3 Å². The smallest absolute Gasteiger partial charge is 0.0897 e. The van der Waals surface area contributed by atoms with Crippen LogP contribution in [-0.4, -0.2) is 11.0 Å². The lowest BCUT2D eigenvalue weighted by Crippen LogP contribution is -2.29. The Bertz CT molecular complexity index is 291. The van der Waals surface area contributed by atoms with E-state index in [1.54, 1.807) is 11.3 Å². The Morgan fingerprint density at radius 1 is 1.64 bits per heavy atom. The van der Waals surface area contributed by atoms with Crippen molar-refractivity contribution in [1.29, 1.82) is 0 Å². The largest absolute Gasteiger partial charge is 0.308 e. The van der Waals surface area contributed by atoms with Gasteiger partial charge in [0.1, 0.15) is 0 Å². The molecule has 1 aliphatic carbocycles. The average molecular weight is 210 g/mol. The summed E-state index contributed by atoms with van der Waals surface area (Å²) in [5.41, 5.74) is 1.20. The molecule has 1 N–H and O–H groups in total. The molecule has 1 unspecified atom stereocenters. The molecule has 1 aromatic heterocycles. The molecule has 1 aromatic rings. The first-order chi connectivity index (χ1) is 6.79. The summed E-state index contributed by atoms with van der Waals surface area (Å²) in [6.45, 7) is 5.27. The van der Waals surface area contributed by atoms with Crippen molar-refractivity contribution in [2.24, 2.45) is 5.92 Å². The van der Waals surface area contributed by atoms with Gasteiger partial charge < -0.3 is 5.32 Å². The molecule has 14 heavy (non-hydrogen) atoms. The molecule has 0 aromatic carbocycles. The zero-order valence-electron chi connectivity index (χ0n) is 8.92. The molecule has 0 aliphatic heterocycles. The Labute approximate surface area is 89.8 Å². The van der Waals surface area contributed by atoms with Crippen LogP contribution in [0.15, 0.2) is 5.38 Å². The highest BCUT2D eigenvalue weighted by molar-refractivity contribution is 7.09. The standard InChI is InChI=1S/C11H18N2S/c1-3-11(9-4-5-9)12-6-10-7-14-8(2)13-10/h7,9,11-12H,3-6H2,1-2H3. The minimum Gasteiger partial charge on any atom is -0.308 e. The van der Waals surface area contributed by atoms with Crippen molar-refractivity contribution in [2.45, 2.75) is 45.7 Å². The van der Waals surface area contributed by atoms with Crippen LogP contribution in [0.5, 0.6) is 0 Å². The fourth-order valence-corrected chi connectivity index (χ4v) is 2.48. The lowest BCUT2D eigenvalue weighted by molar-refractivity contribution is 0.446. The van der Waals surface area contributed by atoms with Gasteiger partial charge in [0.05, 0.1) is 10.7 Å². The van der Waals surface area contributed by atoms with Gasteiger partial charge in [-0.2, -0.15) is 0 Å². The highest BCUT2D eigenvalue weighted by atomic mass is 32.1. The van der Waals surface area contributed by atoms with Gasteiger partial charge in [0.2, 0.25) is 0 Å². The predicted molar refractivity (Wildman–Crippen MR) is 60.5 cm³/mol. The summed E-state index contributed by atoms with van der Waals surface area (Å²) in [4.78, 5) is 4.45. The Hall–Kier alpha value is -0.410. The number of hydrogen-bond acceptors (Lipinski definition) is 3. The number of nitrogens with one attached hydrogen (secondary N) is 1. The summed E-state index contributed by atoms with van der Waals surface area (Å²) >= 11 is 1.74. The molecule has 3 heteroatoms. The van der Waals surface area contributed by atoms with Crippen molar-refractivity contribution in [3.63, 3.8) is 0 Å². The first-order valence-electron chi connectivity index (χ1n) is 5.44. The van der Waals surface area contributed by atoms with E-state index in [0.717, 1.165) is 18.5 Å². The summed E-state index contributed by atoms with van der Waals surface area (Å²) < 4.78 is 0. The number of aryl methyl sites for hydroxylation is 1. The molecular formula is C11H18N2S. The topological polar surface area (TPSA) is 24.9 Å². The van der Waals surface area contributed by atoms with Gasteiger partial charge in [-0.05, 0) is 32.1 Å². The molecule has 0 spiro atoms. The van der Waals surface area contributed by atoms with Crippen molar-refractivity contribution in [2.75, 3.05) is 0 Å². The third kappa shape index (κ3) is 2.55. The van der Waals surface area contributed by atoms with Crippen molar-refractivity contribution in [3.05, 3.63) is 16.1 Å². The third-order valence-corrected chi connectivity index (χ3v) is 3.67. The molecule has 0 radical (unpaired) electrons. The molecule has 2 rings (SSSR count). The molecule has 78 valence electrons. The van der Waals surface area contributed by atoms with Gasteiger partial charge in [-0.25, -0.2) is 4.98 Å². The van der Waals surface area contributed by atoms with Gasteiger partial charge in [-0.3, -0.25) is 0 Å². The maximum atomic E-state index is 4.45. The predicted octanol–water partition coefficient (Wildman–Crippen LogP) is 2.73. The highest BCUT2D eigenvalue weighted by Crippen LogP contribution is 2.33. The Kier molecular flexibility index (Phi) is 3.19. The normalized spacial score (nSPS) is 18.4. The van der Waals surface area contributed by atoms with Gasteiger partial charge in [0.15, 0.2) is 0 Å². The first-order valence-corrected chi connectivity index (χ1v) is 6.32. The van der Waals surface area contributed by atoms with Crippen LogP contribution in [0.3, 0.4) is 0 Å². The molecule has 2 nitrogen and oxygen atoms in total. The molecule has 0 bridgehead atoms. The second kappa shape index (κ2) is 4.41. The van der Waals surface area contributed by atoms with Crippen molar-refractivity contribution in [3.8, 4) is 0 Å². The number of nitrogens with zero attached hydrogens (tertiary/aromatic N) is 1.